The quantitative estimate of drug-likeness (QED) is 0.304. The van der Waals surface area contributed by atoms with Crippen molar-refractivity contribution >= 4 is 50.3 Å². The molecule has 2 aliphatic carbocycles. The Balaban J connectivity index is 1.22. The zero-order valence-electron chi connectivity index (χ0n) is 30.2. The smallest absolute Gasteiger partial charge is 0.405 e. The van der Waals surface area contributed by atoms with Crippen LogP contribution in [0.4, 0.5) is 10.5 Å². The summed E-state index contributed by atoms with van der Waals surface area (Å²) in [6.07, 6.45) is 6.97. The molecule has 15 nitrogen and oxygen atoms in total. The van der Waals surface area contributed by atoms with Crippen molar-refractivity contribution in [2.24, 2.45) is 17.8 Å². The number of benzene rings is 1. The highest BCUT2D eigenvalue weighted by molar-refractivity contribution is 7.91. The van der Waals surface area contributed by atoms with Crippen molar-refractivity contribution in [1.82, 2.24) is 25.2 Å². The molecular formula is C37H48N6O9S. The lowest BCUT2D eigenvalue weighted by Gasteiger charge is -2.33. The number of hydrogen-bond donors (Lipinski definition) is 4. The molecule has 7 atom stereocenters. The maximum Gasteiger partial charge on any atom is 0.405 e. The monoisotopic (exact) mass is 752 g/mol. The van der Waals surface area contributed by atoms with Gasteiger partial charge in [0.15, 0.2) is 5.75 Å². The number of nitrogens with zero attached hydrogens (tertiary/aromatic N) is 3. The largest absolute Gasteiger partial charge is 0.489 e. The Bertz CT molecular complexity index is 1940. The van der Waals surface area contributed by atoms with Crippen molar-refractivity contribution in [3.63, 3.8) is 0 Å². The fourth-order valence-corrected chi connectivity index (χ4v) is 9.51. The van der Waals surface area contributed by atoms with Crippen molar-refractivity contribution in [1.29, 1.82) is 0 Å². The van der Waals surface area contributed by atoms with Crippen molar-refractivity contribution in [3.05, 3.63) is 36.5 Å². The fraction of sp³-hybridized carbons (Fsp3) is 0.595. The minimum atomic E-state index is -3.90. The van der Waals surface area contributed by atoms with Gasteiger partial charge in [0.25, 0.3) is 5.91 Å². The fourth-order valence-electron chi connectivity index (χ4n) is 8.15. The third-order valence-corrected chi connectivity index (χ3v) is 13.3. The lowest BCUT2D eigenvalue weighted by molar-refractivity contribution is -0.142. The van der Waals surface area contributed by atoms with Gasteiger partial charge < -0.3 is 35.0 Å². The summed E-state index contributed by atoms with van der Waals surface area (Å²) in [5, 5.41) is 16.0. The van der Waals surface area contributed by atoms with E-state index in [-0.39, 0.29) is 37.1 Å². The van der Waals surface area contributed by atoms with Crippen LogP contribution in [-0.4, -0.2) is 103 Å². The number of anilines is 1. The molecule has 1 saturated heterocycles. The predicted molar refractivity (Wildman–Crippen MR) is 195 cm³/mol. The molecular weight excluding hydrogens is 705 g/mol. The number of amides is 4. The summed E-state index contributed by atoms with van der Waals surface area (Å²) < 4.78 is 40.4. The van der Waals surface area contributed by atoms with Gasteiger partial charge in [-0.15, -0.1) is 0 Å². The number of carboxylic acid groups (broad SMARTS) is 1. The first-order valence-corrected chi connectivity index (χ1v) is 20.1. The Labute approximate surface area is 308 Å². The van der Waals surface area contributed by atoms with E-state index in [9.17, 15) is 32.7 Å². The maximum absolute atomic E-state index is 14.6. The summed E-state index contributed by atoms with van der Waals surface area (Å²) >= 11 is 0. The minimum absolute atomic E-state index is 0.0192. The van der Waals surface area contributed by atoms with Gasteiger partial charge in [0, 0.05) is 36.4 Å². The first-order valence-electron chi connectivity index (χ1n) is 18.6. The molecule has 4 heterocycles. The number of nitrogens with one attached hydrogen (secondary N) is 3. The Morgan fingerprint density at radius 2 is 1.94 bits per heavy atom. The molecule has 5 aliphatic rings. The molecule has 0 unspecified atom stereocenters. The molecule has 1 aromatic carbocycles. The second-order valence-electron chi connectivity index (χ2n) is 15.3. The van der Waals surface area contributed by atoms with E-state index in [0.717, 1.165) is 24.0 Å². The minimum Gasteiger partial charge on any atom is -0.489 e. The van der Waals surface area contributed by atoms with E-state index in [0.29, 0.717) is 49.8 Å². The predicted octanol–water partition coefficient (Wildman–Crippen LogP) is 2.93. The van der Waals surface area contributed by atoms with Gasteiger partial charge in [-0.1, -0.05) is 32.4 Å². The number of likely N-dealkylation sites (N-methyl/N-ethyl adjacent to an activating group) is 1. The number of carbonyl (C=O) groups is 4. The number of sulfonamides is 1. The van der Waals surface area contributed by atoms with Gasteiger partial charge >= 0.3 is 6.09 Å². The summed E-state index contributed by atoms with van der Waals surface area (Å²) in [4.78, 5) is 62.7. The molecule has 286 valence electrons. The highest BCUT2D eigenvalue weighted by Gasteiger charge is 2.62. The number of pyridine rings is 1. The Hall–Kier alpha value is -4.60. The molecule has 1 aromatic heterocycles. The second kappa shape index (κ2) is 14.3. The number of carbonyl (C=O) groups excluding carboxylic acids is 3. The average Bonchev–Trinajstić information content (AvgIpc) is 4.05. The Kier molecular flexibility index (Phi) is 9.93. The first kappa shape index (κ1) is 36.7. The van der Waals surface area contributed by atoms with E-state index in [4.69, 9.17) is 9.47 Å². The topological polar surface area (TPSA) is 197 Å². The van der Waals surface area contributed by atoms with Gasteiger partial charge in [0.2, 0.25) is 27.7 Å². The van der Waals surface area contributed by atoms with Crippen LogP contribution in [0.15, 0.2) is 36.5 Å². The molecule has 0 bridgehead atoms. The number of rotatable bonds is 7. The van der Waals surface area contributed by atoms with Gasteiger partial charge in [-0.3, -0.25) is 19.1 Å². The summed E-state index contributed by atoms with van der Waals surface area (Å²) in [6.45, 7) is 5.17. The van der Waals surface area contributed by atoms with E-state index < -0.39 is 68.7 Å². The zero-order chi connectivity index (χ0) is 37.7. The number of ether oxygens (including phenoxy) is 2. The summed E-state index contributed by atoms with van der Waals surface area (Å²) in [6, 6.07) is 3.38. The normalized spacial score (nSPS) is 31.1. The van der Waals surface area contributed by atoms with E-state index in [2.05, 4.69) is 32.2 Å². The lowest BCUT2D eigenvalue weighted by atomic mass is 9.85. The van der Waals surface area contributed by atoms with Gasteiger partial charge in [-0.25, -0.2) is 18.2 Å². The second-order valence-corrected chi connectivity index (χ2v) is 17.2. The Morgan fingerprint density at radius 1 is 1.15 bits per heavy atom. The number of fused-ring (bicyclic) bond motifs is 5. The SMILES string of the molecule is CC[C@@H]1C[C@H](C)CC/C=C\[C@@H]2C[C@@]2(C(=O)NS(=O)(=O)C2CC2)NC(=O)[C@@H]2C[C@@H](Oc3nccc4c5c(ccc34)N(C)CCO5)CN2C(=O)[C@H]1NC(=O)O. The van der Waals surface area contributed by atoms with Crippen LogP contribution in [-0.2, 0) is 24.4 Å². The zero-order valence-corrected chi connectivity index (χ0v) is 31.1. The van der Waals surface area contributed by atoms with E-state index in [1.165, 1.54) is 4.90 Å². The molecule has 4 N–H and O–H groups in total. The standard InChI is InChI=1S/C37H48N6O9S/c1-4-22-17-21(2)7-5-6-8-23-19-37(23,35(46)41-53(49,50)25-9-10-25)40-32(44)29-18-24(20-43(29)34(45)30(22)39-36(47)48)52-33-27-11-12-28-31(26(27)13-14-38-33)51-16-15-42(28)3/h6,8,11-14,21-25,29-30,39H,4-5,7,9-10,15-20H2,1-3H3,(H,40,44)(H,41,46)(H,47,48)/b8-6-/t21-,22-,23-,24-,29+,30+,37-/m1/s1. The van der Waals surface area contributed by atoms with Crippen LogP contribution < -0.4 is 29.7 Å². The van der Waals surface area contributed by atoms with Gasteiger partial charge in [0.05, 0.1) is 24.0 Å². The van der Waals surface area contributed by atoms with Crippen LogP contribution in [0.3, 0.4) is 0 Å². The molecule has 4 amide bonds. The van der Waals surface area contributed by atoms with Crippen LogP contribution in [0.1, 0.15) is 65.2 Å². The van der Waals surface area contributed by atoms with E-state index in [1.54, 1.807) is 6.20 Å². The van der Waals surface area contributed by atoms with Crippen LogP contribution in [0, 0.1) is 17.8 Å². The first-order chi connectivity index (χ1) is 25.3. The molecule has 16 heteroatoms. The van der Waals surface area contributed by atoms with E-state index >= 15 is 0 Å². The Morgan fingerprint density at radius 3 is 2.68 bits per heavy atom. The highest BCUT2D eigenvalue weighted by Crippen LogP contribution is 2.46. The molecule has 2 aromatic rings. The molecule has 7 rings (SSSR count). The van der Waals surface area contributed by atoms with Crippen molar-refractivity contribution in [3.8, 4) is 11.6 Å². The third-order valence-electron chi connectivity index (χ3n) is 11.5. The van der Waals surface area contributed by atoms with E-state index in [1.807, 2.05) is 44.3 Å². The van der Waals surface area contributed by atoms with Crippen LogP contribution in [0.5, 0.6) is 11.6 Å². The number of aromatic nitrogens is 1. The molecule has 2 saturated carbocycles. The highest BCUT2D eigenvalue weighted by atomic mass is 32.2. The van der Waals surface area contributed by atoms with Gasteiger partial charge in [-0.05, 0) is 68.6 Å². The molecule has 53 heavy (non-hydrogen) atoms. The van der Waals surface area contributed by atoms with Crippen molar-refractivity contribution < 1.29 is 42.2 Å². The van der Waals surface area contributed by atoms with Crippen molar-refractivity contribution in [2.75, 3.05) is 31.6 Å². The lowest BCUT2D eigenvalue weighted by Crippen LogP contribution is -2.59. The van der Waals surface area contributed by atoms with Crippen LogP contribution >= 0.6 is 0 Å². The molecule has 3 fully saturated rings. The summed E-state index contributed by atoms with van der Waals surface area (Å²) in [5.41, 5.74) is -0.592. The van der Waals surface area contributed by atoms with Gasteiger partial charge in [-0.2, -0.15) is 0 Å². The van der Waals surface area contributed by atoms with Crippen LogP contribution in [0.25, 0.3) is 10.8 Å². The summed E-state index contributed by atoms with van der Waals surface area (Å²) in [5.74, 6) is -1.69. The van der Waals surface area contributed by atoms with Crippen LogP contribution in [0.2, 0.25) is 0 Å². The molecule has 0 radical (unpaired) electrons. The van der Waals surface area contributed by atoms with Crippen molar-refractivity contribution in [2.45, 2.75) is 94.2 Å². The average molecular weight is 753 g/mol. The number of hydrogen-bond acceptors (Lipinski definition) is 10. The summed E-state index contributed by atoms with van der Waals surface area (Å²) in [7, 11) is -1.91. The maximum atomic E-state index is 14.6. The third kappa shape index (κ3) is 7.34. The number of allylic oxidation sites excluding steroid dienone is 1. The molecule has 0 spiro atoms. The molecule has 3 aliphatic heterocycles. The van der Waals surface area contributed by atoms with Gasteiger partial charge in [0.1, 0.15) is 30.3 Å².